The fourth-order valence-electron chi connectivity index (χ4n) is 2.56. The Kier molecular flexibility index (Phi) is 6.18. The fourth-order valence-corrected chi connectivity index (χ4v) is 2.56. The molecular formula is C20H20FN5O3. The predicted molar refractivity (Wildman–Crippen MR) is 104 cm³/mol. The van der Waals surface area contributed by atoms with Crippen LogP contribution in [-0.2, 0) is 16.0 Å². The van der Waals surface area contributed by atoms with Gasteiger partial charge >= 0.3 is 11.8 Å². The predicted octanol–water partition coefficient (Wildman–Crippen LogP) is 2.73. The van der Waals surface area contributed by atoms with Crippen LogP contribution in [0.1, 0.15) is 18.3 Å². The standard InChI is InChI=1S/C20H20FN5O3/c1-12(9-16-10-13(2)25-26-16)23-19(27)20(28)24-15-5-8-18(22-11-15)29-17-6-3-14(21)4-7-17/h3-8,10-12H,9H2,1-2H3,(H,23,27)(H,24,28)(H,25,26)/t12-/m1/s1. The molecule has 3 rings (SSSR count). The number of nitrogens with zero attached hydrogens (tertiary/aromatic N) is 2. The minimum atomic E-state index is -0.802. The smallest absolute Gasteiger partial charge is 0.313 e. The van der Waals surface area contributed by atoms with Gasteiger partial charge in [0, 0.05) is 24.2 Å². The van der Waals surface area contributed by atoms with Gasteiger partial charge in [-0.2, -0.15) is 5.10 Å². The molecule has 0 aliphatic heterocycles. The number of pyridine rings is 1. The van der Waals surface area contributed by atoms with E-state index in [0.717, 1.165) is 11.4 Å². The maximum absolute atomic E-state index is 12.9. The van der Waals surface area contributed by atoms with Gasteiger partial charge < -0.3 is 15.4 Å². The van der Waals surface area contributed by atoms with E-state index in [2.05, 4.69) is 25.8 Å². The summed E-state index contributed by atoms with van der Waals surface area (Å²) in [6.07, 6.45) is 1.86. The van der Waals surface area contributed by atoms with E-state index in [-0.39, 0.29) is 17.7 Å². The van der Waals surface area contributed by atoms with E-state index in [1.807, 2.05) is 13.0 Å². The minimum Gasteiger partial charge on any atom is -0.439 e. The highest BCUT2D eigenvalue weighted by molar-refractivity contribution is 6.39. The number of amides is 2. The minimum absolute atomic E-state index is 0.263. The molecular weight excluding hydrogens is 377 g/mol. The molecule has 0 saturated carbocycles. The maximum atomic E-state index is 12.9. The van der Waals surface area contributed by atoms with E-state index >= 15 is 0 Å². The Labute approximate surface area is 166 Å². The first-order valence-electron chi connectivity index (χ1n) is 8.91. The molecule has 2 amide bonds. The van der Waals surface area contributed by atoms with Crippen molar-refractivity contribution in [3.8, 4) is 11.6 Å². The SMILES string of the molecule is Cc1cc(C[C@@H](C)NC(=O)C(=O)Nc2ccc(Oc3ccc(F)cc3)nc2)n[nH]1. The number of carbonyl (C=O) groups excluding carboxylic acids is 2. The van der Waals surface area contributed by atoms with Crippen LogP contribution < -0.4 is 15.4 Å². The van der Waals surface area contributed by atoms with Crippen molar-refractivity contribution in [2.45, 2.75) is 26.3 Å². The van der Waals surface area contributed by atoms with Gasteiger partial charge in [-0.3, -0.25) is 14.7 Å². The monoisotopic (exact) mass is 397 g/mol. The number of halogens is 1. The molecule has 29 heavy (non-hydrogen) atoms. The zero-order chi connectivity index (χ0) is 20.8. The summed E-state index contributed by atoms with van der Waals surface area (Å²) in [5.74, 6) is -1.23. The number of H-pyrrole nitrogens is 1. The molecule has 0 spiro atoms. The van der Waals surface area contributed by atoms with Crippen molar-refractivity contribution >= 4 is 17.5 Å². The summed E-state index contributed by atoms with van der Waals surface area (Å²) in [7, 11) is 0. The third kappa shape index (κ3) is 5.86. The average Bonchev–Trinajstić information content (AvgIpc) is 3.09. The first-order chi connectivity index (χ1) is 13.9. The highest BCUT2D eigenvalue weighted by Gasteiger charge is 2.17. The quantitative estimate of drug-likeness (QED) is 0.554. The molecule has 0 aliphatic rings. The van der Waals surface area contributed by atoms with Crippen molar-refractivity contribution in [1.82, 2.24) is 20.5 Å². The Morgan fingerprint density at radius 3 is 2.55 bits per heavy atom. The topological polar surface area (TPSA) is 109 Å². The van der Waals surface area contributed by atoms with E-state index in [1.165, 1.54) is 36.5 Å². The van der Waals surface area contributed by atoms with E-state index in [1.54, 1.807) is 13.0 Å². The number of carbonyl (C=O) groups is 2. The van der Waals surface area contributed by atoms with Crippen LogP contribution in [0.4, 0.5) is 10.1 Å². The van der Waals surface area contributed by atoms with Crippen LogP contribution in [0.5, 0.6) is 11.6 Å². The summed E-state index contributed by atoms with van der Waals surface area (Å²) in [6, 6.07) is 10.2. The second kappa shape index (κ2) is 8.96. The van der Waals surface area contributed by atoms with E-state index < -0.39 is 11.8 Å². The number of benzene rings is 1. The van der Waals surface area contributed by atoms with Crippen molar-refractivity contribution in [3.63, 3.8) is 0 Å². The van der Waals surface area contributed by atoms with E-state index in [9.17, 15) is 14.0 Å². The molecule has 0 unspecified atom stereocenters. The lowest BCUT2D eigenvalue weighted by Crippen LogP contribution is -2.41. The van der Waals surface area contributed by atoms with Crippen LogP contribution >= 0.6 is 0 Å². The molecule has 0 bridgehead atoms. The number of hydrogen-bond donors (Lipinski definition) is 3. The van der Waals surface area contributed by atoms with Gasteiger partial charge in [-0.1, -0.05) is 0 Å². The second-order valence-corrected chi connectivity index (χ2v) is 6.52. The summed E-state index contributed by atoms with van der Waals surface area (Å²) < 4.78 is 18.4. The number of ether oxygens (including phenoxy) is 1. The Balaban J connectivity index is 1.50. The second-order valence-electron chi connectivity index (χ2n) is 6.52. The van der Waals surface area contributed by atoms with E-state index in [4.69, 9.17) is 4.74 Å². The van der Waals surface area contributed by atoms with Gasteiger partial charge in [0.1, 0.15) is 11.6 Å². The average molecular weight is 397 g/mol. The van der Waals surface area contributed by atoms with Gasteiger partial charge in [-0.15, -0.1) is 0 Å². The number of anilines is 1. The Bertz CT molecular complexity index is 986. The highest BCUT2D eigenvalue weighted by atomic mass is 19.1. The molecule has 0 fully saturated rings. The van der Waals surface area contributed by atoms with Crippen LogP contribution in [0, 0.1) is 12.7 Å². The molecule has 3 N–H and O–H groups in total. The number of rotatable bonds is 6. The van der Waals surface area contributed by atoms with Crippen LogP contribution in [0.15, 0.2) is 48.7 Å². The lowest BCUT2D eigenvalue weighted by molar-refractivity contribution is -0.136. The van der Waals surface area contributed by atoms with Crippen molar-refractivity contribution < 1.29 is 18.7 Å². The van der Waals surface area contributed by atoms with Gasteiger partial charge in [0.15, 0.2) is 0 Å². The zero-order valence-corrected chi connectivity index (χ0v) is 15.9. The number of nitrogens with one attached hydrogen (secondary N) is 3. The summed E-state index contributed by atoms with van der Waals surface area (Å²) in [5, 5.41) is 12.0. The van der Waals surface area contributed by atoms with Crippen LogP contribution in [-0.4, -0.2) is 33.0 Å². The number of aromatic amines is 1. The van der Waals surface area contributed by atoms with E-state index in [0.29, 0.717) is 17.9 Å². The summed E-state index contributed by atoms with van der Waals surface area (Å²) in [5.41, 5.74) is 2.07. The molecule has 0 saturated heterocycles. The third-order valence-electron chi connectivity index (χ3n) is 3.89. The van der Waals surface area contributed by atoms with Crippen LogP contribution in [0.3, 0.4) is 0 Å². The van der Waals surface area contributed by atoms with Crippen molar-refractivity contribution in [2.24, 2.45) is 0 Å². The highest BCUT2D eigenvalue weighted by Crippen LogP contribution is 2.20. The molecule has 1 atom stereocenters. The molecule has 2 aromatic heterocycles. The Morgan fingerprint density at radius 2 is 1.93 bits per heavy atom. The molecule has 8 nitrogen and oxygen atoms in total. The molecule has 3 aromatic rings. The lowest BCUT2D eigenvalue weighted by atomic mass is 10.2. The molecule has 0 aliphatic carbocycles. The first kappa shape index (κ1) is 20.0. The largest absolute Gasteiger partial charge is 0.439 e. The lowest BCUT2D eigenvalue weighted by Gasteiger charge is -2.12. The molecule has 1 aromatic carbocycles. The van der Waals surface area contributed by atoms with Crippen LogP contribution in [0.25, 0.3) is 0 Å². The van der Waals surface area contributed by atoms with Crippen molar-refractivity contribution in [3.05, 3.63) is 65.9 Å². The normalized spacial score (nSPS) is 11.6. The van der Waals surface area contributed by atoms with Crippen LogP contribution in [0.2, 0.25) is 0 Å². The molecule has 0 radical (unpaired) electrons. The van der Waals surface area contributed by atoms with Gasteiger partial charge in [-0.25, -0.2) is 9.37 Å². The fraction of sp³-hybridized carbons (Fsp3) is 0.200. The Hall–Kier alpha value is -3.75. The Morgan fingerprint density at radius 1 is 1.17 bits per heavy atom. The molecule has 2 heterocycles. The van der Waals surface area contributed by atoms with Gasteiger partial charge in [0.25, 0.3) is 0 Å². The molecule has 150 valence electrons. The first-order valence-corrected chi connectivity index (χ1v) is 8.91. The maximum Gasteiger partial charge on any atom is 0.313 e. The van der Waals surface area contributed by atoms with Crippen molar-refractivity contribution in [1.29, 1.82) is 0 Å². The number of aryl methyl sites for hydroxylation is 1. The van der Waals surface area contributed by atoms with Gasteiger partial charge in [0.05, 0.1) is 17.6 Å². The summed E-state index contributed by atoms with van der Waals surface area (Å²) in [6.45, 7) is 3.68. The summed E-state index contributed by atoms with van der Waals surface area (Å²) >= 11 is 0. The van der Waals surface area contributed by atoms with Crippen molar-refractivity contribution in [2.75, 3.05) is 5.32 Å². The summed E-state index contributed by atoms with van der Waals surface area (Å²) in [4.78, 5) is 28.2. The molecule has 9 heteroatoms. The van der Waals surface area contributed by atoms with Gasteiger partial charge in [-0.05, 0) is 50.2 Å². The zero-order valence-electron chi connectivity index (χ0n) is 15.9. The number of hydrogen-bond acceptors (Lipinski definition) is 5. The van der Waals surface area contributed by atoms with Gasteiger partial charge in [0.2, 0.25) is 5.88 Å². The number of aromatic nitrogens is 3. The third-order valence-corrected chi connectivity index (χ3v) is 3.89.